The minimum Gasteiger partial charge on any atom is -0.493 e. The molecule has 0 aliphatic carbocycles. The van der Waals surface area contributed by atoms with Crippen molar-refractivity contribution in [2.45, 2.75) is 24.6 Å². The molecule has 4 rings (SSSR count). The number of thioether (sulfide) groups is 1. The molecule has 1 aromatic heterocycles. The summed E-state index contributed by atoms with van der Waals surface area (Å²) in [6, 6.07) is 17.0. The summed E-state index contributed by atoms with van der Waals surface area (Å²) >= 11 is 1.55. The van der Waals surface area contributed by atoms with Gasteiger partial charge < -0.3 is 19.8 Å². The number of hydrazine groups is 1. The van der Waals surface area contributed by atoms with Gasteiger partial charge in [0.1, 0.15) is 5.82 Å². The number of halogens is 5. The van der Waals surface area contributed by atoms with Crippen molar-refractivity contribution in [3.8, 4) is 28.3 Å². The summed E-state index contributed by atoms with van der Waals surface area (Å²) in [6.07, 6.45) is -0.692. The van der Waals surface area contributed by atoms with Gasteiger partial charge in [0, 0.05) is 22.9 Å². The van der Waals surface area contributed by atoms with E-state index in [1.165, 1.54) is 36.8 Å². The highest BCUT2D eigenvalue weighted by Crippen LogP contribution is 2.38. The zero-order valence-electron chi connectivity index (χ0n) is 22.1. The number of hydrogen-bond acceptors (Lipinski definition) is 7. The molecule has 216 valence electrons. The number of anilines is 1. The average molecular weight is 592 g/mol. The van der Waals surface area contributed by atoms with E-state index >= 15 is 0 Å². The molecular formula is C28H26F5N5O2S. The van der Waals surface area contributed by atoms with Gasteiger partial charge in [-0.1, -0.05) is 18.2 Å². The Bertz CT molecular complexity index is 1570. The van der Waals surface area contributed by atoms with Gasteiger partial charge in [-0.3, -0.25) is 5.01 Å². The van der Waals surface area contributed by atoms with Gasteiger partial charge in [-0.25, -0.2) is 10.8 Å². The van der Waals surface area contributed by atoms with Crippen LogP contribution in [0.4, 0.5) is 27.6 Å². The molecule has 0 aliphatic rings. The predicted molar refractivity (Wildman–Crippen MR) is 149 cm³/mol. The molecule has 0 spiro atoms. The second-order valence-electron chi connectivity index (χ2n) is 8.64. The molecule has 0 saturated heterocycles. The number of hydrogen-bond donors (Lipinski definition) is 2. The van der Waals surface area contributed by atoms with Crippen LogP contribution in [0.5, 0.6) is 11.5 Å². The third-order valence-corrected chi connectivity index (χ3v) is 6.89. The van der Waals surface area contributed by atoms with Crippen LogP contribution in [-0.4, -0.2) is 29.5 Å². The van der Waals surface area contributed by atoms with Crippen LogP contribution >= 0.6 is 11.8 Å². The van der Waals surface area contributed by atoms with Crippen molar-refractivity contribution in [1.82, 2.24) is 9.55 Å². The fourth-order valence-corrected chi connectivity index (χ4v) is 4.68. The highest BCUT2D eigenvalue weighted by atomic mass is 32.2. The summed E-state index contributed by atoms with van der Waals surface area (Å²) in [5, 5.41) is 1.16. The van der Waals surface area contributed by atoms with Gasteiger partial charge in [-0.15, -0.1) is 11.8 Å². The van der Waals surface area contributed by atoms with Gasteiger partial charge >= 0.3 is 12.8 Å². The third kappa shape index (κ3) is 6.41. The Balaban J connectivity index is 1.89. The maximum Gasteiger partial charge on any atom is 0.434 e. The summed E-state index contributed by atoms with van der Waals surface area (Å²) in [5.41, 5.74) is 7.41. The first-order valence-corrected chi connectivity index (χ1v) is 13.2. The largest absolute Gasteiger partial charge is 0.493 e. The smallest absolute Gasteiger partial charge is 0.434 e. The van der Waals surface area contributed by atoms with Crippen molar-refractivity contribution in [3.05, 3.63) is 90.1 Å². The Hall–Kier alpha value is -4.23. The van der Waals surface area contributed by atoms with E-state index in [-0.39, 0.29) is 40.0 Å². The number of benzene rings is 3. The van der Waals surface area contributed by atoms with Gasteiger partial charge in [0.2, 0.25) is 0 Å². The molecule has 1 heterocycles. The minimum absolute atomic E-state index is 0.0547. The summed E-state index contributed by atoms with van der Waals surface area (Å²) in [5.74, 6) is 6.46. The molecule has 0 atom stereocenters. The predicted octanol–water partition coefficient (Wildman–Crippen LogP) is 6.84. The Kier molecular flexibility index (Phi) is 8.78. The van der Waals surface area contributed by atoms with Gasteiger partial charge in [0.15, 0.2) is 17.2 Å². The van der Waals surface area contributed by atoms with Crippen molar-refractivity contribution in [2.75, 3.05) is 18.4 Å². The first kappa shape index (κ1) is 29.7. The van der Waals surface area contributed by atoms with Gasteiger partial charge in [-0.05, 0) is 66.8 Å². The molecule has 0 radical (unpaired) electrons. The fraction of sp³-hybridized carbons (Fsp3) is 0.179. The lowest BCUT2D eigenvalue weighted by atomic mass is 10.0. The van der Waals surface area contributed by atoms with Crippen molar-refractivity contribution in [1.29, 1.82) is 0 Å². The van der Waals surface area contributed by atoms with E-state index in [2.05, 4.69) is 9.72 Å². The molecule has 3 aromatic carbocycles. The molecule has 0 bridgehead atoms. The maximum absolute atomic E-state index is 13.5. The van der Waals surface area contributed by atoms with Crippen molar-refractivity contribution >= 4 is 23.1 Å². The molecule has 13 heteroatoms. The Morgan fingerprint density at radius 1 is 1.05 bits per heavy atom. The lowest BCUT2D eigenvalue weighted by molar-refractivity contribution is -0.141. The van der Waals surface area contributed by atoms with Gasteiger partial charge in [0.05, 0.1) is 24.2 Å². The standard InChI is InChI=1S/C28H26F5N5O2S/c1-16-36-26(28(31,32)33)15-37(16)21-9-7-18(17-5-4-6-20(11-17)41-3)12-22(21)38(35)23(14-34)19-8-10-24(39-2)25(13-19)40-27(29)30/h4-15,27H,34-35H2,1-3H3/b23-14-. The number of aromatic nitrogens is 2. The molecule has 41 heavy (non-hydrogen) atoms. The Labute approximate surface area is 237 Å². The van der Waals surface area contributed by atoms with Crippen LogP contribution in [0.1, 0.15) is 17.1 Å². The zero-order valence-corrected chi connectivity index (χ0v) is 22.9. The van der Waals surface area contributed by atoms with Crippen LogP contribution in [0, 0.1) is 6.92 Å². The van der Waals surface area contributed by atoms with E-state index < -0.39 is 18.5 Å². The molecule has 4 N–H and O–H groups in total. The molecular weight excluding hydrogens is 565 g/mol. The number of ether oxygens (including phenoxy) is 2. The first-order chi connectivity index (χ1) is 19.5. The van der Waals surface area contributed by atoms with E-state index in [0.29, 0.717) is 0 Å². The van der Waals surface area contributed by atoms with E-state index in [4.69, 9.17) is 16.3 Å². The third-order valence-electron chi connectivity index (χ3n) is 6.16. The summed E-state index contributed by atoms with van der Waals surface area (Å²) in [6.45, 7) is -1.68. The summed E-state index contributed by atoms with van der Waals surface area (Å²) < 4.78 is 77.6. The van der Waals surface area contributed by atoms with Crippen LogP contribution in [0.15, 0.2) is 78.0 Å². The second-order valence-corrected chi connectivity index (χ2v) is 9.52. The number of alkyl halides is 5. The van der Waals surface area contributed by atoms with Crippen molar-refractivity contribution < 1.29 is 31.4 Å². The van der Waals surface area contributed by atoms with Crippen LogP contribution in [0.25, 0.3) is 22.5 Å². The SMILES string of the molecule is COc1ccc(/C(=C/N)N(N)c2cc(-c3cccc(SC)c3)ccc2-n2cc(C(F)(F)F)nc2C)cc1OC(F)F. The number of rotatable bonds is 9. The van der Waals surface area contributed by atoms with E-state index in [0.717, 1.165) is 33.4 Å². The number of aryl methyl sites for hydroxylation is 1. The Morgan fingerprint density at radius 2 is 1.78 bits per heavy atom. The molecule has 0 unspecified atom stereocenters. The zero-order chi connectivity index (χ0) is 29.9. The summed E-state index contributed by atoms with van der Waals surface area (Å²) in [7, 11) is 1.30. The lowest BCUT2D eigenvalue weighted by Crippen LogP contribution is -2.31. The van der Waals surface area contributed by atoms with Crippen molar-refractivity contribution in [2.24, 2.45) is 11.6 Å². The monoisotopic (exact) mass is 591 g/mol. The van der Waals surface area contributed by atoms with Crippen LogP contribution < -0.4 is 26.1 Å². The van der Waals surface area contributed by atoms with E-state index in [9.17, 15) is 22.0 Å². The maximum atomic E-state index is 13.5. The van der Waals surface area contributed by atoms with Gasteiger partial charge in [0.25, 0.3) is 0 Å². The van der Waals surface area contributed by atoms with E-state index in [1.54, 1.807) is 30.0 Å². The molecule has 0 aliphatic heterocycles. The van der Waals surface area contributed by atoms with Crippen molar-refractivity contribution in [3.63, 3.8) is 0 Å². The first-order valence-electron chi connectivity index (χ1n) is 12.0. The number of nitrogens with zero attached hydrogens (tertiary/aromatic N) is 3. The second kappa shape index (κ2) is 12.1. The molecule has 0 amide bonds. The van der Waals surface area contributed by atoms with E-state index in [1.807, 2.05) is 30.5 Å². The number of imidazole rings is 1. The summed E-state index contributed by atoms with van der Waals surface area (Å²) in [4.78, 5) is 4.68. The molecule has 7 nitrogen and oxygen atoms in total. The van der Waals surface area contributed by atoms with Crippen LogP contribution in [0.3, 0.4) is 0 Å². The Morgan fingerprint density at radius 3 is 2.39 bits per heavy atom. The average Bonchev–Trinajstić information content (AvgIpc) is 3.35. The van der Waals surface area contributed by atoms with Gasteiger partial charge in [-0.2, -0.15) is 22.0 Å². The quantitative estimate of drug-likeness (QED) is 0.0954. The lowest BCUT2D eigenvalue weighted by Gasteiger charge is -2.26. The van der Waals surface area contributed by atoms with Crippen LogP contribution in [0.2, 0.25) is 0 Å². The highest BCUT2D eigenvalue weighted by Gasteiger charge is 2.35. The topological polar surface area (TPSA) is 91.6 Å². The van der Waals surface area contributed by atoms with Crippen LogP contribution in [-0.2, 0) is 6.18 Å². The number of nitrogens with two attached hydrogens (primary N) is 2. The minimum atomic E-state index is -4.66. The number of methoxy groups -OCH3 is 1. The molecule has 0 fully saturated rings. The molecule has 0 saturated carbocycles. The highest BCUT2D eigenvalue weighted by molar-refractivity contribution is 7.98. The fourth-order valence-electron chi connectivity index (χ4n) is 4.22. The molecule has 4 aromatic rings. The normalized spacial score (nSPS) is 12.1.